The van der Waals surface area contributed by atoms with Crippen LogP contribution in [0.1, 0.15) is 22.9 Å². The first-order chi connectivity index (χ1) is 10.7. The van der Waals surface area contributed by atoms with E-state index >= 15 is 0 Å². The van der Waals surface area contributed by atoms with E-state index in [2.05, 4.69) is 10.5 Å². The van der Waals surface area contributed by atoms with Crippen molar-refractivity contribution in [2.45, 2.75) is 19.0 Å². The second kappa shape index (κ2) is 4.87. The van der Waals surface area contributed by atoms with Crippen LogP contribution in [0.4, 0.5) is 4.79 Å². The van der Waals surface area contributed by atoms with Crippen molar-refractivity contribution in [1.82, 2.24) is 15.4 Å². The molecule has 1 N–H and O–H groups in total. The first-order valence-corrected chi connectivity index (χ1v) is 6.99. The Kier molecular flexibility index (Phi) is 2.85. The van der Waals surface area contributed by atoms with Crippen LogP contribution in [0.5, 0.6) is 5.75 Å². The maximum atomic E-state index is 12.5. The SMILES string of the molecule is O=C1NC(c2ccc3c(c2)CCO3)C(=O)N1Cc1ccon1. The molecule has 0 aliphatic carbocycles. The summed E-state index contributed by atoms with van der Waals surface area (Å²) in [6.45, 7) is 0.758. The standard InChI is InChI=1S/C15H13N3O4/c19-14-13(10-1-2-12-9(7-10)3-5-21-12)16-15(20)18(14)8-11-4-6-22-17-11/h1-2,4,6-7,13H,3,5,8H2,(H,16,20). The Bertz CT molecular complexity index is 741. The Morgan fingerprint density at radius 1 is 1.32 bits per heavy atom. The third-order valence-corrected chi connectivity index (χ3v) is 3.88. The van der Waals surface area contributed by atoms with Crippen LogP contribution < -0.4 is 10.1 Å². The average Bonchev–Trinajstić information content (AvgIpc) is 3.23. The van der Waals surface area contributed by atoms with E-state index in [1.54, 1.807) is 6.07 Å². The number of carbonyl (C=O) groups excluding carboxylic acids is 2. The minimum absolute atomic E-state index is 0.103. The molecule has 3 amide bonds. The predicted octanol–water partition coefficient (Wildman–Crippen LogP) is 1.40. The minimum Gasteiger partial charge on any atom is -0.493 e. The summed E-state index contributed by atoms with van der Waals surface area (Å²) in [4.78, 5) is 25.7. The summed E-state index contributed by atoms with van der Waals surface area (Å²) in [6, 6.07) is 6.12. The van der Waals surface area contributed by atoms with Gasteiger partial charge in [-0.25, -0.2) is 4.79 Å². The lowest BCUT2D eigenvalue weighted by Gasteiger charge is -2.11. The smallest absolute Gasteiger partial charge is 0.325 e. The van der Waals surface area contributed by atoms with Gasteiger partial charge in [0.1, 0.15) is 23.7 Å². The van der Waals surface area contributed by atoms with E-state index in [9.17, 15) is 9.59 Å². The molecule has 0 saturated carbocycles. The molecule has 0 bridgehead atoms. The second-order valence-electron chi connectivity index (χ2n) is 5.26. The fourth-order valence-electron chi connectivity index (χ4n) is 2.76. The molecule has 0 radical (unpaired) electrons. The van der Waals surface area contributed by atoms with E-state index in [-0.39, 0.29) is 12.5 Å². The summed E-state index contributed by atoms with van der Waals surface area (Å²) in [5.74, 6) is 0.562. The lowest BCUT2D eigenvalue weighted by Crippen LogP contribution is -2.30. The van der Waals surface area contributed by atoms with Gasteiger partial charge in [0.25, 0.3) is 5.91 Å². The molecule has 2 aromatic rings. The first-order valence-electron chi connectivity index (χ1n) is 6.99. The largest absolute Gasteiger partial charge is 0.493 e. The number of urea groups is 1. The highest BCUT2D eigenvalue weighted by molar-refractivity contribution is 6.04. The molecule has 7 heteroatoms. The molecule has 3 heterocycles. The molecule has 1 aromatic heterocycles. The van der Waals surface area contributed by atoms with E-state index in [0.717, 1.165) is 28.2 Å². The van der Waals surface area contributed by atoms with Gasteiger partial charge in [0.2, 0.25) is 0 Å². The molecule has 112 valence electrons. The number of benzene rings is 1. The van der Waals surface area contributed by atoms with Gasteiger partial charge in [0.15, 0.2) is 0 Å². The van der Waals surface area contributed by atoms with E-state index in [1.165, 1.54) is 6.26 Å². The van der Waals surface area contributed by atoms with E-state index in [0.29, 0.717) is 12.3 Å². The van der Waals surface area contributed by atoms with Gasteiger partial charge in [0, 0.05) is 12.5 Å². The number of amides is 3. The Morgan fingerprint density at radius 3 is 3.05 bits per heavy atom. The Labute approximate surface area is 125 Å². The van der Waals surface area contributed by atoms with Crippen LogP contribution in [0.25, 0.3) is 0 Å². The fraction of sp³-hybridized carbons (Fsp3) is 0.267. The Morgan fingerprint density at radius 2 is 2.23 bits per heavy atom. The molecule has 1 atom stereocenters. The summed E-state index contributed by atoms with van der Waals surface area (Å²) in [5.41, 5.74) is 2.37. The zero-order chi connectivity index (χ0) is 15.1. The molecule has 4 rings (SSSR count). The van der Waals surface area contributed by atoms with E-state index in [1.807, 2.05) is 18.2 Å². The highest BCUT2D eigenvalue weighted by Crippen LogP contribution is 2.30. The molecule has 0 spiro atoms. The second-order valence-corrected chi connectivity index (χ2v) is 5.26. The van der Waals surface area contributed by atoms with Gasteiger partial charge in [-0.1, -0.05) is 11.2 Å². The molecule has 1 fully saturated rings. The average molecular weight is 299 g/mol. The number of nitrogens with one attached hydrogen (secondary N) is 1. The lowest BCUT2D eigenvalue weighted by molar-refractivity contribution is -0.128. The van der Waals surface area contributed by atoms with Gasteiger partial charge in [-0.05, 0) is 23.3 Å². The summed E-state index contributed by atoms with van der Waals surface area (Å²) in [5, 5.41) is 6.44. The van der Waals surface area contributed by atoms with Crippen LogP contribution in [0.2, 0.25) is 0 Å². The lowest BCUT2D eigenvalue weighted by atomic mass is 10.0. The first kappa shape index (κ1) is 12.9. The molecule has 1 unspecified atom stereocenters. The normalized spacial score (nSPS) is 20.0. The number of imide groups is 1. The van der Waals surface area contributed by atoms with Gasteiger partial charge in [-0.15, -0.1) is 0 Å². The topological polar surface area (TPSA) is 84.7 Å². The summed E-state index contributed by atoms with van der Waals surface area (Å²) in [6.07, 6.45) is 2.23. The highest BCUT2D eigenvalue weighted by atomic mass is 16.5. The van der Waals surface area contributed by atoms with Crippen molar-refractivity contribution in [3.8, 4) is 5.75 Å². The number of fused-ring (bicyclic) bond motifs is 1. The summed E-state index contributed by atoms with van der Waals surface area (Å²) >= 11 is 0. The van der Waals surface area contributed by atoms with Gasteiger partial charge in [-0.3, -0.25) is 9.69 Å². The van der Waals surface area contributed by atoms with Crippen molar-refractivity contribution in [3.05, 3.63) is 47.3 Å². The maximum absolute atomic E-state index is 12.5. The van der Waals surface area contributed by atoms with Crippen LogP contribution in [-0.4, -0.2) is 28.6 Å². The third kappa shape index (κ3) is 2.02. The van der Waals surface area contributed by atoms with Gasteiger partial charge >= 0.3 is 6.03 Å². The quantitative estimate of drug-likeness (QED) is 0.866. The van der Waals surface area contributed by atoms with Crippen LogP contribution >= 0.6 is 0 Å². The van der Waals surface area contributed by atoms with Crippen LogP contribution in [0.3, 0.4) is 0 Å². The number of nitrogens with zero attached hydrogens (tertiary/aromatic N) is 2. The van der Waals surface area contributed by atoms with Crippen molar-refractivity contribution in [3.63, 3.8) is 0 Å². The van der Waals surface area contributed by atoms with Gasteiger partial charge in [0.05, 0.1) is 13.2 Å². The van der Waals surface area contributed by atoms with Crippen LogP contribution in [0, 0.1) is 0 Å². The monoisotopic (exact) mass is 299 g/mol. The highest BCUT2D eigenvalue weighted by Gasteiger charge is 2.39. The van der Waals surface area contributed by atoms with Crippen LogP contribution in [0.15, 0.2) is 35.1 Å². The number of hydrogen-bond acceptors (Lipinski definition) is 5. The van der Waals surface area contributed by atoms with Crippen molar-refractivity contribution in [1.29, 1.82) is 0 Å². The predicted molar refractivity (Wildman–Crippen MR) is 74.0 cm³/mol. The fourth-order valence-corrected chi connectivity index (χ4v) is 2.76. The number of ether oxygens (including phenoxy) is 1. The molecule has 1 aromatic carbocycles. The van der Waals surface area contributed by atoms with Crippen molar-refractivity contribution in [2.24, 2.45) is 0 Å². The number of carbonyl (C=O) groups is 2. The van der Waals surface area contributed by atoms with Crippen molar-refractivity contribution in [2.75, 3.05) is 6.61 Å². The maximum Gasteiger partial charge on any atom is 0.325 e. The molecule has 22 heavy (non-hydrogen) atoms. The Hall–Kier alpha value is -2.83. The minimum atomic E-state index is -0.662. The molecular formula is C15H13N3O4. The van der Waals surface area contributed by atoms with Gasteiger partial charge in [-0.2, -0.15) is 0 Å². The zero-order valence-corrected chi connectivity index (χ0v) is 11.6. The number of rotatable bonds is 3. The molecule has 2 aliphatic heterocycles. The van der Waals surface area contributed by atoms with Crippen molar-refractivity contribution < 1.29 is 18.8 Å². The summed E-state index contributed by atoms with van der Waals surface area (Å²) < 4.78 is 10.2. The van der Waals surface area contributed by atoms with E-state index in [4.69, 9.17) is 9.26 Å². The zero-order valence-electron chi connectivity index (χ0n) is 11.6. The van der Waals surface area contributed by atoms with E-state index < -0.39 is 12.1 Å². The molecular weight excluding hydrogens is 286 g/mol. The molecule has 2 aliphatic rings. The van der Waals surface area contributed by atoms with Crippen LogP contribution in [-0.2, 0) is 17.8 Å². The third-order valence-electron chi connectivity index (χ3n) is 3.88. The van der Waals surface area contributed by atoms with Crippen molar-refractivity contribution >= 4 is 11.9 Å². The molecule has 1 saturated heterocycles. The number of aromatic nitrogens is 1. The van der Waals surface area contributed by atoms with Gasteiger partial charge < -0.3 is 14.6 Å². The molecule has 7 nitrogen and oxygen atoms in total. The number of hydrogen-bond donors (Lipinski definition) is 1. The Balaban J connectivity index is 1.58. The summed E-state index contributed by atoms with van der Waals surface area (Å²) in [7, 11) is 0.